The van der Waals surface area contributed by atoms with E-state index >= 15 is 0 Å². The average Bonchev–Trinajstić information content (AvgIpc) is 3.29. The number of aromatic amines is 1. The monoisotopic (exact) mass is 341 g/mol. The lowest BCUT2D eigenvalue weighted by molar-refractivity contribution is 0.0943. The van der Waals surface area contributed by atoms with E-state index < -0.39 is 0 Å². The zero-order valence-electron chi connectivity index (χ0n) is 14.5. The standard InChI is InChI=1S/C19H23N3O3/c1-13(23)15-8-18(20-11-15)19(24)21-10-14-6-7-22(12-14)16-4-3-5-17(9-16)25-2/h3-5,8-9,11,14,20H,6-7,10,12H2,1-2H3,(H,21,24). The summed E-state index contributed by atoms with van der Waals surface area (Å²) in [6.07, 6.45) is 2.60. The Morgan fingerprint density at radius 2 is 2.20 bits per heavy atom. The molecular formula is C19H23N3O3. The lowest BCUT2D eigenvalue weighted by Gasteiger charge is -2.19. The fourth-order valence-electron chi connectivity index (χ4n) is 3.10. The largest absolute Gasteiger partial charge is 0.497 e. The van der Waals surface area contributed by atoms with Crippen LogP contribution in [0.2, 0.25) is 0 Å². The molecule has 2 N–H and O–H groups in total. The number of benzene rings is 1. The molecule has 0 bridgehead atoms. The van der Waals surface area contributed by atoms with E-state index in [1.165, 1.54) is 6.92 Å². The van der Waals surface area contributed by atoms with Gasteiger partial charge in [0.1, 0.15) is 11.4 Å². The van der Waals surface area contributed by atoms with Gasteiger partial charge in [0.15, 0.2) is 5.78 Å². The molecule has 6 heteroatoms. The Morgan fingerprint density at radius 1 is 1.36 bits per heavy atom. The Hall–Kier alpha value is -2.76. The zero-order chi connectivity index (χ0) is 17.8. The van der Waals surface area contributed by atoms with E-state index in [1.54, 1.807) is 19.4 Å². The molecule has 1 aromatic heterocycles. The zero-order valence-corrected chi connectivity index (χ0v) is 14.5. The summed E-state index contributed by atoms with van der Waals surface area (Å²) in [6, 6.07) is 9.62. The first-order valence-corrected chi connectivity index (χ1v) is 8.43. The number of carbonyl (C=O) groups is 2. The van der Waals surface area contributed by atoms with Crippen molar-refractivity contribution in [2.24, 2.45) is 5.92 Å². The fraction of sp³-hybridized carbons (Fsp3) is 0.368. The van der Waals surface area contributed by atoms with Crippen molar-refractivity contribution in [3.63, 3.8) is 0 Å². The van der Waals surface area contributed by atoms with E-state index in [2.05, 4.69) is 21.3 Å². The number of H-pyrrole nitrogens is 1. The van der Waals surface area contributed by atoms with Gasteiger partial charge in [-0.05, 0) is 37.5 Å². The third-order valence-corrected chi connectivity index (χ3v) is 4.59. The van der Waals surface area contributed by atoms with Gasteiger partial charge in [-0.3, -0.25) is 9.59 Å². The first-order valence-electron chi connectivity index (χ1n) is 8.43. The summed E-state index contributed by atoms with van der Waals surface area (Å²) in [5.74, 6) is 1.02. The van der Waals surface area contributed by atoms with Gasteiger partial charge in [-0.15, -0.1) is 0 Å². The van der Waals surface area contributed by atoms with Gasteiger partial charge >= 0.3 is 0 Å². The molecule has 0 aliphatic carbocycles. The summed E-state index contributed by atoms with van der Waals surface area (Å²) in [6.45, 7) is 3.96. The maximum absolute atomic E-state index is 12.2. The number of aromatic nitrogens is 1. The molecule has 3 rings (SSSR count). The minimum absolute atomic E-state index is 0.0555. The number of methoxy groups -OCH3 is 1. The first-order chi connectivity index (χ1) is 12.1. The van der Waals surface area contributed by atoms with Crippen LogP contribution < -0.4 is 15.0 Å². The summed E-state index contributed by atoms with van der Waals surface area (Å²) in [5.41, 5.74) is 2.09. The molecule has 1 aromatic carbocycles. The summed E-state index contributed by atoms with van der Waals surface area (Å²) in [5, 5.41) is 2.95. The lowest BCUT2D eigenvalue weighted by Crippen LogP contribution is -2.31. The summed E-state index contributed by atoms with van der Waals surface area (Å²) in [4.78, 5) is 28.6. The molecule has 0 saturated carbocycles. The van der Waals surface area contributed by atoms with Gasteiger partial charge < -0.3 is 19.9 Å². The van der Waals surface area contributed by atoms with E-state index in [0.29, 0.717) is 23.7 Å². The van der Waals surface area contributed by atoms with Crippen LogP contribution >= 0.6 is 0 Å². The van der Waals surface area contributed by atoms with Gasteiger partial charge in [-0.1, -0.05) is 6.07 Å². The van der Waals surface area contributed by atoms with Crippen LogP contribution in [0.5, 0.6) is 5.75 Å². The van der Waals surface area contributed by atoms with Crippen LogP contribution in [0.3, 0.4) is 0 Å². The molecule has 132 valence electrons. The minimum atomic E-state index is -0.174. The van der Waals surface area contributed by atoms with Crippen LogP contribution in [0.4, 0.5) is 5.69 Å². The molecule has 2 aromatic rings. The maximum Gasteiger partial charge on any atom is 0.267 e. The molecule has 0 radical (unpaired) electrons. The molecule has 1 unspecified atom stereocenters. The molecular weight excluding hydrogens is 318 g/mol. The molecule has 25 heavy (non-hydrogen) atoms. The van der Waals surface area contributed by atoms with Crippen molar-refractivity contribution in [2.45, 2.75) is 13.3 Å². The predicted molar refractivity (Wildman–Crippen MR) is 96.4 cm³/mol. The normalized spacial score (nSPS) is 16.7. The SMILES string of the molecule is COc1cccc(N2CCC(CNC(=O)c3cc(C(C)=O)c[nH]3)C2)c1. The van der Waals surface area contributed by atoms with Gasteiger partial charge in [0.2, 0.25) is 0 Å². The topological polar surface area (TPSA) is 74.4 Å². The van der Waals surface area contributed by atoms with Crippen molar-refractivity contribution in [2.75, 3.05) is 31.6 Å². The Morgan fingerprint density at radius 3 is 2.92 bits per heavy atom. The molecule has 1 fully saturated rings. The third kappa shape index (κ3) is 4.02. The van der Waals surface area contributed by atoms with Crippen molar-refractivity contribution < 1.29 is 14.3 Å². The Kier molecular flexibility index (Phi) is 5.07. The first kappa shape index (κ1) is 17.1. The number of Topliss-reactive ketones (excluding diaryl/α,β-unsaturated/α-hetero) is 1. The highest BCUT2D eigenvalue weighted by Crippen LogP contribution is 2.26. The fourth-order valence-corrected chi connectivity index (χ4v) is 3.10. The van der Waals surface area contributed by atoms with Crippen molar-refractivity contribution in [1.29, 1.82) is 0 Å². The number of carbonyl (C=O) groups excluding carboxylic acids is 2. The quantitative estimate of drug-likeness (QED) is 0.792. The van der Waals surface area contributed by atoms with Gasteiger partial charge in [0.05, 0.1) is 7.11 Å². The van der Waals surface area contributed by atoms with Crippen molar-refractivity contribution in [3.05, 3.63) is 47.8 Å². The number of ether oxygens (including phenoxy) is 1. The number of hydrogen-bond donors (Lipinski definition) is 2. The summed E-state index contributed by atoms with van der Waals surface area (Å²) < 4.78 is 5.28. The number of rotatable bonds is 6. The van der Waals surface area contributed by atoms with E-state index in [1.807, 2.05) is 18.2 Å². The molecule has 2 heterocycles. The van der Waals surface area contributed by atoms with Crippen LogP contribution in [-0.4, -0.2) is 43.4 Å². The predicted octanol–water partition coefficient (Wildman–Crippen LogP) is 2.48. The average molecular weight is 341 g/mol. The number of amides is 1. The van der Waals surface area contributed by atoms with Crippen LogP contribution in [0.25, 0.3) is 0 Å². The van der Waals surface area contributed by atoms with Crippen molar-refractivity contribution in [1.82, 2.24) is 10.3 Å². The van der Waals surface area contributed by atoms with Gasteiger partial charge in [-0.2, -0.15) is 0 Å². The van der Waals surface area contributed by atoms with Gasteiger partial charge in [-0.25, -0.2) is 0 Å². The van der Waals surface area contributed by atoms with E-state index in [0.717, 1.165) is 30.9 Å². The van der Waals surface area contributed by atoms with E-state index in [9.17, 15) is 9.59 Å². The second-order valence-electron chi connectivity index (χ2n) is 6.37. The second-order valence-corrected chi connectivity index (χ2v) is 6.37. The second kappa shape index (κ2) is 7.42. The van der Waals surface area contributed by atoms with Gasteiger partial charge in [0, 0.05) is 43.1 Å². The highest BCUT2D eigenvalue weighted by molar-refractivity contribution is 5.99. The smallest absolute Gasteiger partial charge is 0.267 e. The number of ketones is 1. The molecule has 1 aliphatic rings. The summed E-state index contributed by atoms with van der Waals surface area (Å²) >= 11 is 0. The molecule has 6 nitrogen and oxygen atoms in total. The van der Waals surface area contributed by atoms with Crippen molar-refractivity contribution in [3.8, 4) is 5.75 Å². The van der Waals surface area contributed by atoms with Crippen LogP contribution in [0.15, 0.2) is 36.5 Å². The van der Waals surface area contributed by atoms with Crippen LogP contribution in [0.1, 0.15) is 34.2 Å². The molecule has 1 atom stereocenters. The number of hydrogen-bond acceptors (Lipinski definition) is 4. The molecule has 1 amide bonds. The molecule has 1 aliphatic heterocycles. The molecule has 0 spiro atoms. The highest BCUT2D eigenvalue weighted by atomic mass is 16.5. The Labute approximate surface area is 147 Å². The van der Waals surface area contributed by atoms with Crippen molar-refractivity contribution >= 4 is 17.4 Å². The van der Waals surface area contributed by atoms with Crippen LogP contribution in [0, 0.1) is 5.92 Å². The number of nitrogens with zero attached hydrogens (tertiary/aromatic N) is 1. The number of nitrogens with one attached hydrogen (secondary N) is 2. The van der Waals surface area contributed by atoms with Gasteiger partial charge in [0.25, 0.3) is 5.91 Å². The third-order valence-electron chi connectivity index (χ3n) is 4.59. The Balaban J connectivity index is 1.52. The Bertz CT molecular complexity index is 769. The maximum atomic E-state index is 12.2. The lowest BCUT2D eigenvalue weighted by atomic mass is 10.1. The van der Waals surface area contributed by atoms with E-state index in [4.69, 9.17) is 4.74 Å². The van der Waals surface area contributed by atoms with Crippen LogP contribution in [-0.2, 0) is 0 Å². The molecule has 1 saturated heterocycles. The summed E-state index contributed by atoms with van der Waals surface area (Å²) in [7, 11) is 1.67. The minimum Gasteiger partial charge on any atom is -0.497 e. The highest BCUT2D eigenvalue weighted by Gasteiger charge is 2.23. The number of anilines is 1. The van der Waals surface area contributed by atoms with E-state index in [-0.39, 0.29) is 11.7 Å².